The van der Waals surface area contributed by atoms with Crippen LogP contribution < -0.4 is 10.8 Å². The van der Waals surface area contributed by atoms with Gasteiger partial charge in [-0.25, -0.2) is 4.98 Å². The molecule has 0 bridgehead atoms. The number of hydrogen-bond acceptors (Lipinski definition) is 3. The Morgan fingerprint density at radius 2 is 2.21 bits per heavy atom. The van der Waals surface area contributed by atoms with Gasteiger partial charge in [0, 0.05) is 38.2 Å². The first-order valence-electron chi connectivity index (χ1n) is 6.27. The highest BCUT2D eigenvalue weighted by molar-refractivity contribution is 5.90. The summed E-state index contributed by atoms with van der Waals surface area (Å²) < 4.78 is 2.12. The van der Waals surface area contributed by atoms with Gasteiger partial charge in [-0.15, -0.1) is 0 Å². The number of aromatic nitrogens is 2. The second kappa shape index (κ2) is 5.22. The van der Waals surface area contributed by atoms with Gasteiger partial charge in [0.2, 0.25) is 5.91 Å². The van der Waals surface area contributed by atoms with Gasteiger partial charge in [-0.2, -0.15) is 0 Å². The molecule has 0 atom stereocenters. The largest absolute Gasteiger partial charge is 0.326 e. The van der Waals surface area contributed by atoms with Crippen molar-refractivity contribution in [3.63, 3.8) is 0 Å². The molecule has 0 saturated heterocycles. The number of anilines is 1. The predicted octanol–water partition coefficient (Wildman–Crippen LogP) is 1.85. The van der Waals surface area contributed by atoms with Crippen molar-refractivity contribution in [1.82, 2.24) is 9.55 Å². The van der Waals surface area contributed by atoms with Gasteiger partial charge in [-0.1, -0.05) is 0 Å². The number of nitrogens with zero attached hydrogens (tertiary/aromatic N) is 3. The lowest BCUT2D eigenvalue weighted by molar-refractivity contribution is -0.114. The highest BCUT2D eigenvalue weighted by Crippen LogP contribution is 2.16. The highest BCUT2D eigenvalue weighted by atomic mass is 16.1. The Kier molecular flexibility index (Phi) is 3.64. The van der Waals surface area contributed by atoms with E-state index in [0.29, 0.717) is 5.82 Å². The number of aryl methyl sites for hydroxylation is 2. The smallest absolute Gasteiger partial charge is 0.222 e. The van der Waals surface area contributed by atoms with Crippen molar-refractivity contribution >= 4 is 22.6 Å². The minimum absolute atomic E-state index is 0.123. The number of carbonyl (C=O) groups excluding carboxylic acids is 1. The number of carbonyl (C=O) groups is 1. The molecule has 5 nitrogen and oxygen atoms in total. The second-order valence-electron chi connectivity index (χ2n) is 4.43. The first kappa shape index (κ1) is 13.3. The highest BCUT2D eigenvalue weighted by Gasteiger charge is 2.06. The molecular formula is C14H18N4O. The molecule has 100 valence electrons. The van der Waals surface area contributed by atoms with E-state index < -0.39 is 0 Å². The molecule has 0 aliphatic rings. The third kappa shape index (κ3) is 2.50. The molecule has 0 saturated carbocycles. The minimum Gasteiger partial charge on any atom is -0.326 e. The van der Waals surface area contributed by atoms with E-state index in [-0.39, 0.29) is 5.91 Å². The SMILES string of the molecule is CCn1/c(=N/C)c(C)cc2cnc(NC(C)=O)cc21. The molecule has 2 heterocycles. The summed E-state index contributed by atoms with van der Waals surface area (Å²) in [5.41, 5.74) is 3.09. The van der Waals surface area contributed by atoms with E-state index in [1.165, 1.54) is 6.92 Å². The van der Waals surface area contributed by atoms with Gasteiger partial charge in [0.15, 0.2) is 0 Å². The lowest BCUT2D eigenvalue weighted by atomic mass is 10.2. The van der Waals surface area contributed by atoms with E-state index in [9.17, 15) is 4.79 Å². The monoisotopic (exact) mass is 258 g/mol. The molecule has 0 spiro atoms. The molecule has 2 aromatic heterocycles. The van der Waals surface area contributed by atoms with Crippen LogP contribution in [0.15, 0.2) is 23.3 Å². The van der Waals surface area contributed by atoms with Crippen LogP contribution in [0.3, 0.4) is 0 Å². The maximum Gasteiger partial charge on any atom is 0.222 e. The zero-order valence-corrected chi connectivity index (χ0v) is 11.7. The van der Waals surface area contributed by atoms with Crippen molar-refractivity contribution in [2.45, 2.75) is 27.3 Å². The molecular weight excluding hydrogens is 240 g/mol. The van der Waals surface area contributed by atoms with Crippen molar-refractivity contribution in [2.24, 2.45) is 4.99 Å². The Morgan fingerprint density at radius 1 is 1.47 bits per heavy atom. The molecule has 0 aromatic carbocycles. The summed E-state index contributed by atoms with van der Waals surface area (Å²) in [6.45, 7) is 6.40. The number of amides is 1. The van der Waals surface area contributed by atoms with Crippen molar-refractivity contribution in [2.75, 3.05) is 12.4 Å². The van der Waals surface area contributed by atoms with Crippen LogP contribution in [0.1, 0.15) is 19.4 Å². The molecule has 0 fully saturated rings. The average Bonchev–Trinajstić information content (AvgIpc) is 2.36. The summed E-state index contributed by atoms with van der Waals surface area (Å²) >= 11 is 0. The number of nitrogens with one attached hydrogen (secondary N) is 1. The van der Waals surface area contributed by atoms with Crippen LogP contribution in [0.4, 0.5) is 5.82 Å². The second-order valence-corrected chi connectivity index (χ2v) is 4.43. The van der Waals surface area contributed by atoms with Crippen LogP contribution in [0.5, 0.6) is 0 Å². The maximum atomic E-state index is 11.1. The van der Waals surface area contributed by atoms with Crippen LogP contribution in [-0.2, 0) is 11.3 Å². The fourth-order valence-electron chi connectivity index (χ4n) is 2.29. The average molecular weight is 258 g/mol. The summed E-state index contributed by atoms with van der Waals surface area (Å²) in [6, 6.07) is 3.95. The quantitative estimate of drug-likeness (QED) is 0.893. The Labute approximate surface area is 112 Å². The third-order valence-electron chi connectivity index (χ3n) is 3.02. The zero-order chi connectivity index (χ0) is 14.0. The zero-order valence-electron chi connectivity index (χ0n) is 11.7. The van der Waals surface area contributed by atoms with Crippen LogP contribution in [-0.4, -0.2) is 22.5 Å². The van der Waals surface area contributed by atoms with Gasteiger partial charge in [0.25, 0.3) is 0 Å². The lowest BCUT2D eigenvalue weighted by Gasteiger charge is -2.13. The molecule has 2 aromatic rings. The van der Waals surface area contributed by atoms with E-state index >= 15 is 0 Å². The number of hydrogen-bond donors (Lipinski definition) is 1. The topological polar surface area (TPSA) is 59.3 Å². The summed E-state index contributed by atoms with van der Waals surface area (Å²) in [4.78, 5) is 19.7. The van der Waals surface area contributed by atoms with Gasteiger partial charge in [0.1, 0.15) is 11.3 Å². The Balaban J connectivity index is 2.76. The van der Waals surface area contributed by atoms with Gasteiger partial charge in [0.05, 0.1) is 5.52 Å². The normalized spacial score (nSPS) is 11.9. The van der Waals surface area contributed by atoms with Crippen LogP contribution in [0, 0.1) is 6.92 Å². The van der Waals surface area contributed by atoms with E-state index in [0.717, 1.165) is 28.5 Å². The summed E-state index contributed by atoms with van der Waals surface area (Å²) in [5.74, 6) is 0.440. The van der Waals surface area contributed by atoms with Crippen molar-refractivity contribution in [3.05, 3.63) is 29.4 Å². The number of rotatable bonds is 2. The molecule has 0 aliphatic heterocycles. The van der Waals surface area contributed by atoms with Crippen molar-refractivity contribution in [1.29, 1.82) is 0 Å². The number of pyridine rings is 2. The van der Waals surface area contributed by atoms with Gasteiger partial charge < -0.3 is 9.88 Å². The Morgan fingerprint density at radius 3 is 2.79 bits per heavy atom. The predicted molar refractivity (Wildman–Crippen MR) is 75.9 cm³/mol. The molecule has 0 unspecified atom stereocenters. The van der Waals surface area contributed by atoms with Crippen molar-refractivity contribution < 1.29 is 4.79 Å². The van der Waals surface area contributed by atoms with Gasteiger partial charge >= 0.3 is 0 Å². The van der Waals surface area contributed by atoms with Crippen molar-refractivity contribution in [3.8, 4) is 0 Å². The molecule has 0 radical (unpaired) electrons. The molecule has 1 amide bonds. The fourth-order valence-corrected chi connectivity index (χ4v) is 2.29. The Hall–Kier alpha value is -2.17. The van der Waals surface area contributed by atoms with Gasteiger partial charge in [-0.3, -0.25) is 9.79 Å². The van der Waals surface area contributed by atoms with E-state index in [2.05, 4.69) is 32.9 Å². The fraction of sp³-hybridized carbons (Fsp3) is 0.357. The summed E-state index contributed by atoms with van der Waals surface area (Å²) in [5, 5.41) is 3.75. The Bertz CT molecular complexity index is 700. The van der Waals surface area contributed by atoms with Gasteiger partial charge in [-0.05, 0) is 25.5 Å². The van der Waals surface area contributed by atoms with E-state index in [1.807, 2.05) is 13.0 Å². The molecule has 1 N–H and O–H groups in total. The lowest BCUT2D eigenvalue weighted by Crippen LogP contribution is -2.23. The first-order valence-corrected chi connectivity index (χ1v) is 6.27. The summed E-state index contributed by atoms with van der Waals surface area (Å²) in [6.07, 6.45) is 1.78. The van der Waals surface area contributed by atoms with E-state index in [4.69, 9.17) is 0 Å². The van der Waals surface area contributed by atoms with Crippen LogP contribution >= 0.6 is 0 Å². The standard InChI is InChI=1S/C14H18N4O/c1-5-18-12-7-13(17-10(3)19)16-8-11(12)6-9(2)14(18)15-4/h6-8H,5H2,1-4H3,(H,16,17,19)/b15-14+. The first-order chi connectivity index (χ1) is 9.06. The van der Waals surface area contributed by atoms with Crippen LogP contribution in [0.25, 0.3) is 10.9 Å². The maximum absolute atomic E-state index is 11.1. The van der Waals surface area contributed by atoms with Crippen LogP contribution in [0.2, 0.25) is 0 Å². The molecule has 0 aliphatic carbocycles. The molecule has 19 heavy (non-hydrogen) atoms. The third-order valence-corrected chi connectivity index (χ3v) is 3.02. The molecule has 2 rings (SSSR count). The minimum atomic E-state index is -0.123. The number of fused-ring (bicyclic) bond motifs is 1. The molecule has 5 heteroatoms. The summed E-state index contributed by atoms with van der Waals surface area (Å²) in [7, 11) is 1.79. The van der Waals surface area contributed by atoms with E-state index in [1.54, 1.807) is 13.2 Å².